The Morgan fingerprint density at radius 2 is 1.88 bits per heavy atom. The number of carbonyl (C=O) groups is 1. The third-order valence-electron chi connectivity index (χ3n) is 5.02. The Labute approximate surface area is 149 Å². The molecule has 138 valence electrons. The molecule has 2 aliphatic heterocycles. The summed E-state index contributed by atoms with van der Waals surface area (Å²) in [4.78, 5) is 12.3. The highest BCUT2D eigenvalue weighted by Crippen LogP contribution is 2.24. The second-order valence-corrected chi connectivity index (χ2v) is 8.85. The zero-order chi connectivity index (χ0) is 17.9. The van der Waals surface area contributed by atoms with Crippen LogP contribution < -0.4 is 5.32 Å². The largest absolute Gasteiger partial charge is 0.368 e. The average Bonchev–Trinajstić information content (AvgIpc) is 3.15. The van der Waals surface area contributed by atoms with Gasteiger partial charge in [0.15, 0.2) is 0 Å². The predicted octanol–water partition coefficient (Wildman–Crippen LogP) is 1.69. The molecule has 1 amide bonds. The number of hydrogen-bond donors (Lipinski definition) is 1. The lowest BCUT2D eigenvalue weighted by atomic mass is 9.98. The minimum Gasteiger partial charge on any atom is -0.368 e. The summed E-state index contributed by atoms with van der Waals surface area (Å²) >= 11 is 0. The molecule has 0 unspecified atom stereocenters. The molecule has 3 rings (SSSR count). The summed E-state index contributed by atoms with van der Waals surface area (Å²) in [6.07, 6.45) is 2.95. The van der Waals surface area contributed by atoms with Crippen LogP contribution in [0.2, 0.25) is 0 Å². The number of nitrogens with one attached hydrogen (secondary N) is 1. The zero-order valence-corrected chi connectivity index (χ0v) is 15.4. The number of amides is 1. The van der Waals surface area contributed by atoms with Gasteiger partial charge in [0.2, 0.25) is 15.9 Å². The molecule has 2 fully saturated rings. The Morgan fingerprint density at radius 1 is 1.20 bits per heavy atom. The fraction of sp³-hybridized carbons (Fsp3) is 0.611. The molecule has 0 aromatic heterocycles. The molecule has 1 atom stereocenters. The summed E-state index contributed by atoms with van der Waals surface area (Å²) in [5, 5.41) is 2.95. The lowest BCUT2D eigenvalue weighted by Crippen LogP contribution is -2.43. The number of aryl methyl sites for hydroxylation is 1. The molecule has 0 saturated carbocycles. The van der Waals surface area contributed by atoms with Crippen molar-refractivity contribution in [3.05, 3.63) is 29.8 Å². The number of rotatable bonds is 5. The maximum Gasteiger partial charge on any atom is 0.249 e. The van der Waals surface area contributed by atoms with E-state index in [0.717, 1.165) is 31.2 Å². The molecule has 1 aromatic rings. The Bertz CT molecular complexity index is 688. The smallest absolute Gasteiger partial charge is 0.249 e. The molecule has 0 radical (unpaired) electrons. The van der Waals surface area contributed by atoms with E-state index in [1.807, 2.05) is 19.1 Å². The van der Waals surface area contributed by atoms with Gasteiger partial charge < -0.3 is 10.1 Å². The summed E-state index contributed by atoms with van der Waals surface area (Å²) in [5.74, 6) is 0.280. The quantitative estimate of drug-likeness (QED) is 0.860. The van der Waals surface area contributed by atoms with E-state index in [1.54, 1.807) is 16.4 Å². The van der Waals surface area contributed by atoms with Gasteiger partial charge in [-0.2, -0.15) is 4.31 Å². The van der Waals surface area contributed by atoms with E-state index in [4.69, 9.17) is 4.74 Å². The van der Waals surface area contributed by atoms with Crippen molar-refractivity contribution in [2.45, 2.75) is 43.6 Å². The van der Waals surface area contributed by atoms with Crippen LogP contribution in [0.25, 0.3) is 0 Å². The van der Waals surface area contributed by atoms with Crippen LogP contribution >= 0.6 is 0 Å². The molecule has 2 aliphatic rings. The SMILES string of the molecule is Cc1ccc(S(=O)(=O)N2CCC(CNC(=O)[C@H]3CCCO3)CC2)cc1. The van der Waals surface area contributed by atoms with E-state index >= 15 is 0 Å². The first-order valence-corrected chi connectivity index (χ1v) is 10.4. The summed E-state index contributed by atoms with van der Waals surface area (Å²) in [7, 11) is -3.42. The topological polar surface area (TPSA) is 75.7 Å². The fourth-order valence-electron chi connectivity index (χ4n) is 3.36. The molecular formula is C18H26N2O4S. The Balaban J connectivity index is 1.49. The standard InChI is InChI=1S/C18H26N2O4S/c1-14-4-6-16(7-5-14)25(22,23)20-10-8-15(9-11-20)13-19-18(21)17-3-2-12-24-17/h4-7,15,17H,2-3,8-13H2,1H3,(H,19,21)/t17-/m1/s1. The van der Waals surface area contributed by atoms with Crippen LogP contribution in [0.15, 0.2) is 29.2 Å². The second kappa shape index (κ2) is 7.85. The van der Waals surface area contributed by atoms with Gasteiger partial charge in [-0.25, -0.2) is 8.42 Å². The predicted molar refractivity (Wildman–Crippen MR) is 94.6 cm³/mol. The van der Waals surface area contributed by atoms with Gasteiger partial charge in [0.1, 0.15) is 6.10 Å². The van der Waals surface area contributed by atoms with E-state index in [0.29, 0.717) is 37.1 Å². The minimum absolute atomic E-state index is 0.0350. The summed E-state index contributed by atoms with van der Waals surface area (Å²) in [5.41, 5.74) is 1.04. The number of benzene rings is 1. The Hall–Kier alpha value is -1.44. The molecule has 25 heavy (non-hydrogen) atoms. The maximum absolute atomic E-state index is 12.7. The molecule has 2 heterocycles. The van der Waals surface area contributed by atoms with Crippen molar-refractivity contribution in [2.75, 3.05) is 26.2 Å². The molecule has 0 aliphatic carbocycles. The van der Waals surface area contributed by atoms with Crippen molar-refractivity contribution in [3.8, 4) is 0 Å². The van der Waals surface area contributed by atoms with Gasteiger partial charge in [0.25, 0.3) is 0 Å². The monoisotopic (exact) mass is 366 g/mol. The summed E-state index contributed by atoms with van der Waals surface area (Å²) < 4.78 is 32.3. The van der Waals surface area contributed by atoms with Gasteiger partial charge in [0.05, 0.1) is 4.90 Å². The van der Waals surface area contributed by atoms with Crippen LogP contribution in [-0.4, -0.2) is 51.0 Å². The fourth-order valence-corrected chi connectivity index (χ4v) is 4.83. The number of ether oxygens (including phenoxy) is 1. The molecule has 1 N–H and O–H groups in total. The first-order valence-electron chi connectivity index (χ1n) is 8.93. The Morgan fingerprint density at radius 3 is 2.48 bits per heavy atom. The van der Waals surface area contributed by atoms with Gasteiger partial charge in [0, 0.05) is 26.2 Å². The van der Waals surface area contributed by atoms with Crippen LogP contribution in [0.1, 0.15) is 31.2 Å². The third kappa shape index (κ3) is 4.40. The van der Waals surface area contributed by atoms with Crippen LogP contribution in [-0.2, 0) is 19.6 Å². The van der Waals surface area contributed by atoms with E-state index in [2.05, 4.69) is 5.32 Å². The first kappa shape index (κ1) is 18.4. The molecule has 1 aromatic carbocycles. The van der Waals surface area contributed by atoms with Crippen LogP contribution in [0.3, 0.4) is 0 Å². The number of sulfonamides is 1. The van der Waals surface area contributed by atoms with Crippen molar-refractivity contribution in [2.24, 2.45) is 5.92 Å². The van der Waals surface area contributed by atoms with Gasteiger partial charge in [-0.3, -0.25) is 4.79 Å². The molecule has 0 spiro atoms. The van der Waals surface area contributed by atoms with Crippen molar-refractivity contribution in [1.29, 1.82) is 0 Å². The molecular weight excluding hydrogens is 340 g/mol. The molecule has 0 bridgehead atoms. The number of piperidine rings is 1. The van der Waals surface area contributed by atoms with Crippen molar-refractivity contribution >= 4 is 15.9 Å². The van der Waals surface area contributed by atoms with Gasteiger partial charge in [-0.1, -0.05) is 17.7 Å². The number of nitrogens with zero attached hydrogens (tertiary/aromatic N) is 1. The highest BCUT2D eigenvalue weighted by molar-refractivity contribution is 7.89. The van der Waals surface area contributed by atoms with Gasteiger partial charge in [-0.15, -0.1) is 0 Å². The maximum atomic E-state index is 12.7. The van der Waals surface area contributed by atoms with Crippen LogP contribution in [0.4, 0.5) is 0 Å². The van der Waals surface area contributed by atoms with Crippen LogP contribution in [0.5, 0.6) is 0 Å². The lowest BCUT2D eigenvalue weighted by molar-refractivity contribution is -0.130. The Kier molecular flexibility index (Phi) is 5.76. The summed E-state index contributed by atoms with van der Waals surface area (Å²) in [6, 6.07) is 6.97. The second-order valence-electron chi connectivity index (χ2n) is 6.91. The minimum atomic E-state index is -3.42. The van der Waals surface area contributed by atoms with Crippen molar-refractivity contribution < 1.29 is 17.9 Å². The zero-order valence-electron chi connectivity index (χ0n) is 14.6. The van der Waals surface area contributed by atoms with E-state index in [9.17, 15) is 13.2 Å². The van der Waals surface area contributed by atoms with Crippen molar-refractivity contribution in [1.82, 2.24) is 9.62 Å². The first-order chi connectivity index (χ1) is 12.0. The highest BCUT2D eigenvalue weighted by atomic mass is 32.2. The third-order valence-corrected chi connectivity index (χ3v) is 6.93. The van der Waals surface area contributed by atoms with Gasteiger partial charge in [-0.05, 0) is 50.7 Å². The van der Waals surface area contributed by atoms with Crippen molar-refractivity contribution in [3.63, 3.8) is 0 Å². The van der Waals surface area contributed by atoms with Gasteiger partial charge >= 0.3 is 0 Å². The summed E-state index contributed by atoms with van der Waals surface area (Å²) in [6.45, 7) is 4.19. The molecule has 2 saturated heterocycles. The number of carbonyl (C=O) groups excluding carboxylic acids is 1. The molecule has 6 nitrogen and oxygen atoms in total. The number of hydrogen-bond acceptors (Lipinski definition) is 4. The van der Waals surface area contributed by atoms with E-state index < -0.39 is 10.0 Å². The average molecular weight is 366 g/mol. The molecule has 7 heteroatoms. The highest BCUT2D eigenvalue weighted by Gasteiger charge is 2.30. The van der Waals surface area contributed by atoms with E-state index in [1.165, 1.54) is 0 Å². The lowest BCUT2D eigenvalue weighted by Gasteiger charge is -2.31. The van der Waals surface area contributed by atoms with Crippen LogP contribution in [0, 0.1) is 12.8 Å². The van der Waals surface area contributed by atoms with E-state index in [-0.39, 0.29) is 12.0 Å². The normalized spacial score (nSPS) is 22.8.